The maximum absolute atomic E-state index is 12.5. The highest BCUT2D eigenvalue weighted by Gasteiger charge is 2.33. The lowest BCUT2D eigenvalue weighted by molar-refractivity contribution is -0.141. The topological polar surface area (TPSA) is 41.6 Å². The lowest BCUT2D eigenvalue weighted by Gasteiger charge is -2.09. The van der Waals surface area contributed by atoms with E-state index in [9.17, 15) is 26.3 Å². The number of rotatable bonds is 3. The lowest BCUT2D eigenvalue weighted by atomic mass is 10.2. The zero-order chi connectivity index (χ0) is 17.3. The molecule has 0 radical (unpaired) electrons. The largest absolute Gasteiger partial charge is 0.435 e. The Labute approximate surface area is 130 Å². The van der Waals surface area contributed by atoms with Crippen molar-refractivity contribution in [1.29, 1.82) is 5.26 Å². The van der Waals surface area contributed by atoms with E-state index in [0.717, 1.165) is 16.9 Å². The van der Waals surface area contributed by atoms with Crippen LogP contribution in [0.5, 0.6) is 0 Å². The van der Waals surface area contributed by atoms with Crippen LogP contribution in [-0.4, -0.2) is 21.7 Å². The standard InChI is InChI=1S/C13H7F6N3S/c14-12(15,16)7-23-10-5-9(2-1-8(10)6-20)22-4-3-11(21-22)13(17,18)19/h1-5H,7H2. The smallest absolute Gasteiger partial charge is 0.240 e. The highest BCUT2D eigenvalue weighted by atomic mass is 32.2. The fourth-order valence-corrected chi connectivity index (χ4v) is 2.44. The minimum atomic E-state index is -4.62. The molecule has 0 saturated heterocycles. The molecule has 0 bridgehead atoms. The van der Waals surface area contributed by atoms with Crippen LogP contribution in [0.3, 0.4) is 0 Å². The van der Waals surface area contributed by atoms with Gasteiger partial charge in [0.05, 0.1) is 17.0 Å². The van der Waals surface area contributed by atoms with E-state index in [1.165, 1.54) is 18.2 Å². The number of thioether (sulfide) groups is 1. The van der Waals surface area contributed by atoms with Gasteiger partial charge in [0, 0.05) is 11.1 Å². The highest BCUT2D eigenvalue weighted by molar-refractivity contribution is 7.99. The summed E-state index contributed by atoms with van der Waals surface area (Å²) in [6.45, 7) is 0. The van der Waals surface area contributed by atoms with E-state index in [2.05, 4.69) is 5.10 Å². The number of nitrogens with zero attached hydrogens (tertiary/aromatic N) is 3. The van der Waals surface area contributed by atoms with Crippen molar-refractivity contribution in [1.82, 2.24) is 9.78 Å². The van der Waals surface area contributed by atoms with Gasteiger partial charge in [0.25, 0.3) is 0 Å². The van der Waals surface area contributed by atoms with Crippen LogP contribution < -0.4 is 0 Å². The molecule has 2 aromatic rings. The molecule has 0 amide bonds. The fraction of sp³-hybridized carbons (Fsp3) is 0.231. The molecule has 1 aromatic heterocycles. The molecule has 0 saturated carbocycles. The Morgan fingerprint density at radius 3 is 2.35 bits per heavy atom. The number of benzene rings is 1. The maximum Gasteiger partial charge on any atom is 0.435 e. The van der Waals surface area contributed by atoms with Gasteiger partial charge in [0.1, 0.15) is 6.07 Å². The van der Waals surface area contributed by atoms with Gasteiger partial charge < -0.3 is 0 Å². The number of hydrogen-bond acceptors (Lipinski definition) is 3. The molecule has 3 nitrogen and oxygen atoms in total. The summed E-state index contributed by atoms with van der Waals surface area (Å²) in [6, 6.07) is 6.24. The van der Waals surface area contributed by atoms with Crippen molar-refractivity contribution in [2.45, 2.75) is 17.2 Å². The second kappa shape index (κ2) is 6.16. The summed E-state index contributed by atoms with van der Waals surface area (Å²) >= 11 is 0.389. The van der Waals surface area contributed by atoms with Gasteiger partial charge in [-0.05, 0) is 24.3 Å². The van der Waals surface area contributed by atoms with E-state index in [0.29, 0.717) is 11.8 Å². The summed E-state index contributed by atoms with van der Waals surface area (Å²) in [7, 11) is 0. The van der Waals surface area contributed by atoms with Gasteiger partial charge >= 0.3 is 12.4 Å². The van der Waals surface area contributed by atoms with Crippen molar-refractivity contribution < 1.29 is 26.3 Å². The average Bonchev–Trinajstić information content (AvgIpc) is 2.94. The minimum Gasteiger partial charge on any atom is -0.240 e. The summed E-state index contributed by atoms with van der Waals surface area (Å²) in [5.74, 6) is -1.21. The Morgan fingerprint density at radius 1 is 1.13 bits per heavy atom. The second-order valence-corrected chi connectivity index (χ2v) is 5.36. The summed E-state index contributed by atoms with van der Waals surface area (Å²) in [5.41, 5.74) is -0.985. The molecule has 0 aliphatic rings. The number of alkyl halides is 6. The van der Waals surface area contributed by atoms with Crippen LogP contribution in [-0.2, 0) is 6.18 Å². The summed E-state index contributed by atoms with van der Waals surface area (Å²) in [5, 5.41) is 12.2. The quantitative estimate of drug-likeness (QED) is 0.607. The molecular weight excluding hydrogens is 344 g/mol. The van der Waals surface area contributed by atoms with Crippen LogP contribution in [0.2, 0.25) is 0 Å². The predicted molar refractivity (Wildman–Crippen MR) is 70.1 cm³/mol. The molecular formula is C13H7F6N3S. The van der Waals surface area contributed by atoms with Gasteiger partial charge in [-0.15, -0.1) is 11.8 Å². The van der Waals surface area contributed by atoms with Crippen LogP contribution in [0.1, 0.15) is 11.3 Å². The molecule has 0 aliphatic heterocycles. The number of nitriles is 1. The van der Waals surface area contributed by atoms with E-state index in [1.807, 2.05) is 0 Å². The van der Waals surface area contributed by atoms with Crippen molar-refractivity contribution in [3.05, 3.63) is 41.7 Å². The molecule has 0 fully saturated rings. The molecule has 1 heterocycles. The van der Waals surface area contributed by atoms with Crippen molar-refractivity contribution >= 4 is 11.8 Å². The van der Waals surface area contributed by atoms with E-state index < -0.39 is 23.8 Å². The Morgan fingerprint density at radius 2 is 1.83 bits per heavy atom. The SMILES string of the molecule is N#Cc1ccc(-n2ccc(C(F)(F)F)n2)cc1SCC(F)(F)F. The number of hydrogen-bond donors (Lipinski definition) is 0. The summed E-state index contributed by atoms with van der Waals surface area (Å²) in [6.07, 6.45) is -8.00. The first-order valence-electron chi connectivity index (χ1n) is 5.97. The first-order valence-corrected chi connectivity index (χ1v) is 6.95. The molecule has 0 unspecified atom stereocenters. The highest BCUT2D eigenvalue weighted by Crippen LogP contribution is 2.32. The number of aromatic nitrogens is 2. The van der Waals surface area contributed by atoms with E-state index in [1.54, 1.807) is 6.07 Å². The Kier molecular flexibility index (Phi) is 4.61. The summed E-state index contributed by atoms with van der Waals surface area (Å²) in [4.78, 5) is 0.0198. The minimum absolute atomic E-state index is 0.00574. The molecule has 2 rings (SSSR count). The van der Waals surface area contributed by atoms with Gasteiger partial charge in [-0.1, -0.05) is 0 Å². The van der Waals surface area contributed by atoms with E-state index in [4.69, 9.17) is 5.26 Å². The number of halogens is 6. The van der Waals surface area contributed by atoms with E-state index in [-0.39, 0.29) is 16.1 Å². The van der Waals surface area contributed by atoms with Gasteiger partial charge in [-0.3, -0.25) is 0 Å². The molecule has 10 heteroatoms. The third kappa shape index (κ3) is 4.41. The Hall–Kier alpha value is -2.15. The monoisotopic (exact) mass is 351 g/mol. The molecule has 0 spiro atoms. The normalized spacial score (nSPS) is 12.2. The fourth-order valence-electron chi connectivity index (χ4n) is 1.64. The Balaban J connectivity index is 2.34. The van der Waals surface area contributed by atoms with Crippen LogP contribution in [0.4, 0.5) is 26.3 Å². The van der Waals surface area contributed by atoms with Crippen LogP contribution in [0, 0.1) is 11.3 Å². The van der Waals surface area contributed by atoms with E-state index >= 15 is 0 Å². The third-order valence-corrected chi connectivity index (χ3v) is 3.74. The lowest BCUT2D eigenvalue weighted by Crippen LogP contribution is -2.11. The molecule has 0 aliphatic carbocycles. The molecule has 23 heavy (non-hydrogen) atoms. The van der Waals surface area contributed by atoms with Crippen LogP contribution in [0.25, 0.3) is 5.69 Å². The van der Waals surface area contributed by atoms with Crippen molar-refractivity contribution in [2.24, 2.45) is 0 Å². The zero-order valence-electron chi connectivity index (χ0n) is 11.1. The molecule has 1 aromatic carbocycles. The third-order valence-electron chi connectivity index (χ3n) is 2.62. The first-order chi connectivity index (χ1) is 10.6. The van der Waals surface area contributed by atoms with Gasteiger partial charge in [-0.2, -0.15) is 36.7 Å². The predicted octanol–water partition coefficient (Wildman–Crippen LogP) is 4.42. The molecule has 0 N–H and O–H groups in total. The molecule has 0 atom stereocenters. The summed E-state index contributed by atoms with van der Waals surface area (Å²) < 4.78 is 75.3. The van der Waals surface area contributed by atoms with Gasteiger partial charge in [-0.25, -0.2) is 4.68 Å². The van der Waals surface area contributed by atoms with Crippen LogP contribution >= 0.6 is 11.8 Å². The van der Waals surface area contributed by atoms with Crippen molar-refractivity contribution in [3.63, 3.8) is 0 Å². The molecule has 122 valence electrons. The van der Waals surface area contributed by atoms with Gasteiger partial charge in [0.2, 0.25) is 0 Å². The van der Waals surface area contributed by atoms with Gasteiger partial charge in [0.15, 0.2) is 5.69 Å². The first kappa shape index (κ1) is 17.2. The average molecular weight is 351 g/mol. The zero-order valence-corrected chi connectivity index (χ0v) is 11.9. The van der Waals surface area contributed by atoms with Crippen molar-refractivity contribution in [2.75, 3.05) is 5.75 Å². The second-order valence-electron chi connectivity index (χ2n) is 4.34. The van der Waals surface area contributed by atoms with Crippen molar-refractivity contribution in [3.8, 4) is 11.8 Å². The van der Waals surface area contributed by atoms with Crippen LogP contribution in [0.15, 0.2) is 35.4 Å². The Bertz CT molecular complexity index is 741. The maximum atomic E-state index is 12.5.